The molecule has 0 aliphatic heterocycles. The van der Waals surface area contributed by atoms with Crippen molar-refractivity contribution in [2.24, 2.45) is 11.7 Å². The Morgan fingerprint density at radius 1 is 1.38 bits per heavy atom. The van der Waals surface area contributed by atoms with Crippen LogP contribution in [-0.4, -0.2) is 42.4 Å². The van der Waals surface area contributed by atoms with Crippen LogP contribution in [0, 0.1) is 5.92 Å². The summed E-state index contributed by atoms with van der Waals surface area (Å²) in [5.74, 6) is -0.292. The lowest BCUT2D eigenvalue weighted by atomic mass is 10.0. The van der Waals surface area contributed by atoms with Gasteiger partial charge in [0.05, 0.1) is 12.1 Å². The zero-order chi connectivity index (χ0) is 12.9. The van der Waals surface area contributed by atoms with Gasteiger partial charge in [-0.2, -0.15) is 0 Å². The van der Waals surface area contributed by atoms with Gasteiger partial charge in [-0.3, -0.25) is 9.59 Å². The van der Waals surface area contributed by atoms with E-state index in [0.29, 0.717) is 12.5 Å². The highest BCUT2D eigenvalue weighted by Gasteiger charge is 2.31. The van der Waals surface area contributed by atoms with Crippen LogP contribution in [0.15, 0.2) is 0 Å². The summed E-state index contributed by atoms with van der Waals surface area (Å²) in [6.45, 7) is 8.06. The Balaban J connectivity index is 4.75. The fraction of sp³-hybridized carbons (Fsp3) is 0.818. The second-order valence-electron chi connectivity index (χ2n) is 4.92. The highest BCUT2D eigenvalue weighted by molar-refractivity contribution is 5.89. The minimum atomic E-state index is -0.676. The van der Waals surface area contributed by atoms with Crippen LogP contribution in [0.5, 0.6) is 0 Å². The molecule has 94 valence electrons. The number of nitrogens with zero attached hydrogens (tertiary/aromatic N) is 1. The van der Waals surface area contributed by atoms with Crippen molar-refractivity contribution < 1.29 is 9.59 Å². The Morgan fingerprint density at radius 2 is 1.88 bits per heavy atom. The highest BCUT2D eigenvalue weighted by Crippen LogP contribution is 2.09. The number of rotatable bonds is 6. The topological polar surface area (TPSA) is 75.4 Å². The van der Waals surface area contributed by atoms with Crippen molar-refractivity contribution in [3.8, 4) is 0 Å². The predicted octanol–water partition coefficient (Wildman–Crippen LogP) is -0.0457. The van der Waals surface area contributed by atoms with E-state index in [4.69, 9.17) is 5.73 Å². The summed E-state index contributed by atoms with van der Waals surface area (Å²) >= 11 is 0. The molecule has 16 heavy (non-hydrogen) atoms. The van der Waals surface area contributed by atoms with E-state index in [0.717, 1.165) is 0 Å². The van der Waals surface area contributed by atoms with Crippen LogP contribution in [0.2, 0.25) is 0 Å². The molecule has 0 radical (unpaired) electrons. The number of hydrogen-bond donors (Lipinski definition) is 2. The maximum atomic E-state index is 12.1. The van der Waals surface area contributed by atoms with Gasteiger partial charge in [-0.25, -0.2) is 0 Å². The standard InChI is InChI=1S/C11H23N3O2/c1-8(2)6-14(7-9(12)15)10(16)11(3,4)13-5/h8,13H,6-7H2,1-5H3,(H2,12,15). The smallest absolute Gasteiger partial charge is 0.242 e. The quantitative estimate of drug-likeness (QED) is 0.671. The summed E-state index contributed by atoms with van der Waals surface area (Å²) in [5.41, 5.74) is 4.46. The molecule has 0 fully saturated rings. The normalized spacial score (nSPS) is 11.6. The molecule has 0 spiro atoms. The monoisotopic (exact) mass is 229 g/mol. The SMILES string of the molecule is CNC(C)(C)C(=O)N(CC(N)=O)CC(C)C. The molecule has 0 atom stereocenters. The van der Waals surface area contributed by atoms with Crippen LogP contribution in [0.25, 0.3) is 0 Å². The third-order valence-electron chi connectivity index (χ3n) is 2.38. The number of amides is 2. The molecule has 0 saturated heterocycles. The van der Waals surface area contributed by atoms with E-state index < -0.39 is 11.4 Å². The van der Waals surface area contributed by atoms with E-state index in [2.05, 4.69) is 5.32 Å². The summed E-state index contributed by atoms with van der Waals surface area (Å²) in [6, 6.07) is 0. The Morgan fingerprint density at radius 3 is 2.19 bits per heavy atom. The van der Waals surface area contributed by atoms with Crippen molar-refractivity contribution in [3.63, 3.8) is 0 Å². The molecular formula is C11H23N3O2. The number of carbonyl (C=O) groups excluding carboxylic acids is 2. The average molecular weight is 229 g/mol. The number of likely N-dealkylation sites (N-methyl/N-ethyl adjacent to an activating group) is 1. The maximum Gasteiger partial charge on any atom is 0.242 e. The molecule has 0 unspecified atom stereocenters. The van der Waals surface area contributed by atoms with Gasteiger partial charge < -0.3 is 16.0 Å². The highest BCUT2D eigenvalue weighted by atomic mass is 16.2. The maximum absolute atomic E-state index is 12.1. The van der Waals surface area contributed by atoms with Gasteiger partial charge in [0, 0.05) is 6.54 Å². The fourth-order valence-electron chi connectivity index (χ4n) is 1.35. The molecule has 5 heteroatoms. The minimum Gasteiger partial charge on any atom is -0.368 e. The Kier molecular flexibility index (Phi) is 5.44. The van der Waals surface area contributed by atoms with Crippen molar-refractivity contribution in [2.45, 2.75) is 33.2 Å². The van der Waals surface area contributed by atoms with Crippen molar-refractivity contribution in [3.05, 3.63) is 0 Å². The zero-order valence-corrected chi connectivity index (χ0v) is 10.8. The van der Waals surface area contributed by atoms with Crippen LogP contribution in [0.1, 0.15) is 27.7 Å². The van der Waals surface area contributed by atoms with E-state index in [9.17, 15) is 9.59 Å². The third-order valence-corrected chi connectivity index (χ3v) is 2.38. The van der Waals surface area contributed by atoms with Gasteiger partial charge in [-0.05, 0) is 26.8 Å². The first kappa shape index (κ1) is 14.9. The van der Waals surface area contributed by atoms with E-state index >= 15 is 0 Å². The summed E-state index contributed by atoms with van der Waals surface area (Å²) in [4.78, 5) is 24.5. The first-order chi connectivity index (χ1) is 7.20. The van der Waals surface area contributed by atoms with Crippen LogP contribution in [0.3, 0.4) is 0 Å². The molecule has 0 aromatic rings. The van der Waals surface area contributed by atoms with Gasteiger partial charge in [0.25, 0.3) is 0 Å². The molecule has 0 heterocycles. The first-order valence-corrected chi connectivity index (χ1v) is 5.47. The van der Waals surface area contributed by atoms with E-state index in [1.54, 1.807) is 20.9 Å². The lowest BCUT2D eigenvalue weighted by molar-refractivity contribution is -0.140. The third kappa shape index (κ3) is 4.61. The number of nitrogens with two attached hydrogens (primary N) is 1. The number of carbonyl (C=O) groups is 2. The van der Waals surface area contributed by atoms with Crippen molar-refractivity contribution in [1.29, 1.82) is 0 Å². The van der Waals surface area contributed by atoms with Gasteiger partial charge in [-0.15, -0.1) is 0 Å². The van der Waals surface area contributed by atoms with Gasteiger partial charge in [0.15, 0.2) is 0 Å². The van der Waals surface area contributed by atoms with Crippen LogP contribution < -0.4 is 11.1 Å². The van der Waals surface area contributed by atoms with Gasteiger partial charge in [0.2, 0.25) is 11.8 Å². The van der Waals surface area contributed by atoms with Crippen LogP contribution in [-0.2, 0) is 9.59 Å². The molecule has 0 aromatic carbocycles. The molecule has 0 aromatic heterocycles. The lowest BCUT2D eigenvalue weighted by Gasteiger charge is -2.32. The molecule has 2 amide bonds. The van der Waals surface area contributed by atoms with Crippen LogP contribution >= 0.6 is 0 Å². The van der Waals surface area contributed by atoms with Gasteiger partial charge >= 0.3 is 0 Å². The molecule has 0 aliphatic carbocycles. The first-order valence-electron chi connectivity index (χ1n) is 5.47. The molecule has 3 N–H and O–H groups in total. The molecule has 0 aliphatic rings. The molecule has 5 nitrogen and oxygen atoms in total. The summed E-state index contributed by atoms with van der Waals surface area (Å²) in [7, 11) is 1.72. The number of nitrogens with one attached hydrogen (secondary N) is 1. The summed E-state index contributed by atoms with van der Waals surface area (Å²) in [5, 5.41) is 2.92. The number of primary amides is 1. The predicted molar refractivity (Wildman–Crippen MR) is 63.8 cm³/mol. The lowest BCUT2D eigenvalue weighted by Crippen LogP contribution is -2.55. The van der Waals surface area contributed by atoms with Gasteiger partial charge in [-0.1, -0.05) is 13.8 Å². The summed E-state index contributed by atoms with van der Waals surface area (Å²) in [6.07, 6.45) is 0. The number of hydrogen-bond acceptors (Lipinski definition) is 3. The Hall–Kier alpha value is -1.10. The van der Waals surface area contributed by atoms with Crippen LogP contribution in [0.4, 0.5) is 0 Å². The van der Waals surface area contributed by atoms with Crippen molar-refractivity contribution in [2.75, 3.05) is 20.1 Å². The molecule has 0 saturated carbocycles. The molecule has 0 bridgehead atoms. The zero-order valence-electron chi connectivity index (χ0n) is 10.8. The fourth-order valence-corrected chi connectivity index (χ4v) is 1.35. The van der Waals surface area contributed by atoms with E-state index in [1.165, 1.54) is 4.90 Å². The minimum absolute atomic E-state index is 0.0257. The largest absolute Gasteiger partial charge is 0.368 e. The van der Waals surface area contributed by atoms with Crippen molar-refractivity contribution >= 4 is 11.8 Å². The molecule has 0 rings (SSSR count). The summed E-state index contributed by atoms with van der Waals surface area (Å²) < 4.78 is 0. The van der Waals surface area contributed by atoms with Gasteiger partial charge in [0.1, 0.15) is 0 Å². The molecular weight excluding hydrogens is 206 g/mol. The van der Waals surface area contributed by atoms with E-state index in [1.807, 2.05) is 13.8 Å². The van der Waals surface area contributed by atoms with Crippen molar-refractivity contribution in [1.82, 2.24) is 10.2 Å². The second-order valence-corrected chi connectivity index (χ2v) is 4.92. The Labute approximate surface area is 97.4 Å². The Bertz CT molecular complexity index is 262. The average Bonchev–Trinajstić information content (AvgIpc) is 2.14. The second kappa shape index (κ2) is 5.84. The van der Waals surface area contributed by atoms with E-state index in [-0.39, 0.29) is 12.5 Å².